The lowest BCUT2D eigenvalue weighted by Crippen LogP contribution is -2.17. The fourth-order valence-electron chi connectivity index (χ4n) is 3.49. The van der Waals surface area contributed by atoms with Crippen LogP contribution in [0.4, 0.5) is 5.69 Å². The van der Waals surface area contributed by atoms with Gasteiger partial charge >= 0.3 is 0 Å². The van der Waals surface area contributed by atoms with Crippen molar-refractivity contribution < 1.29 is 4.79 Å². The van der Waals surface area contributed by atoms with Gasteiger partial charge in [0.2, 0.25) is 5.91 Å². The number of benzene rings is 3. The Kier molecular flexibility index (Phi) is 4.75. The number of fused-ring (bicyclic) bond motifs is 2. The van der Waals surface area contributed by atoms with Crippen LogP contribution in [0.5, 0.6) is 0 Å². The van der Waals surface area contributed by atoms with Crippen LogP contribution in [-0.4, -0.2) is 11.7 Å². The summed E-state index contributed by atoms with van der Waals surface area (Å²) in [5, 5.41) is 5.56. The van der Waals surface area contributed by atoms with E-state index in [1.54, 1.807) is 11.8 Å². The van der Waals surface area contributed by atoms with Gasteiger partial charge < -0.3 is 5.32 Å². The summed E-state index contributed by atoms with van der Waals surface area (Å²) >= 11 is 1.59. The average Bonchev–Trinajstić information content (AvgIpc) is 2.66. The van der Waals surface area contributed by atoms with E-state index < -0.39 is 0 Å². The number of nitrogens with one attached hydrogen (secondary N) is 1. The zero-order valence-electron chi connectivity index (χ0n) is 14.1. The molecule has 1 aliphatic carbocycles. The maximum Gasteiger partial charge on any atom is 0.234 e. The van der Waals surface area contributed by atoms with E-state index in [1.807, 2.05) is 18.2 Å². The second kappa shape index (κ2) is 7.32. The van der Waals surface area contributed by atoms with Crippen LogP contribution in [0.1, 0.15) is 24.0 Å². The Balaban J connectivity index is 1.42. The SMILES string of the molecule is O=C(CSc1ccc2ccccc2c1)Nc1cccc2c1CCCC2. The number of hydrogen-bond donors (Lipinski definition) is 1. The molecule has 126 valence electrons. The molecule has 3 aromatic rings. The first-order valence-corrected chi connectivity index (χ1v) is 9.80. The fraction of sp³-hybridized carbons (Fsp3) is 0.227. The van der Waals surface area contributed by atoms with Crippen molar-refractivity contribution in [2.45, 2.75) is 30.6 Å². The standard InChI is InChI=1S/C22H21NOS/c24-22(23-21-11-5-9-17-7-3-4-10-20(17)21)15-25-19-13-12-16-6-1-2-8-18(16)14-19/h1-2,5-6,8-9,11-14H,3-4,7,10,15H2,(H,23,24). The van der Waals surface area contributed by atoms with E-state index in [2.05, 4.69) is 47.8 Å². The maximum atomic E-state index is 12.4. The van der Waals surface area contributed by atoms with Gasteiger partial charge in [-0.1, -0.05) is 42.5 Å². The molecule has 3 heteroatoms. The monoisotopic (exact) mass is 347 g/mol. The Morgan fingerprint density at radius 2 is 1.76 bits per heavy atom. The van der Waals surface area contributed by atoms with Crippen molar-refractivity contribution in [2.75, 3.05) is 11.1 Å². The van der Waals surface area contributed by atoms with E-state index in [0.717, 1.165) is 23.4 Å². The smallest absolute Gasteiger partial charge is 0.234 e. The molecule has 0 unspecified atom stereocenters. The molecule has 0 aliphatic heterocycles. The predicted octanol–water partition coefficient (Wildman–Crippen LogP) is 5.45. The van der Waals surface area contributed by atoms with Crippen molar-refractivity contribution >= 4 is 34.1 Å². The first-order valence-electron chi connectivity index (χ1n) is 8.82. The van der Waals surface area contributed by atoms with E-state index in [9.17, 15) is 4.79 Å². The molecule has 2 nitrogen and oxygen atoms in total. The molecule has 25 heavy (non-hydrogen) atoms. The molecule has 0 spiro atoms. The van der Waals surface area contributed by atoms with Gasteiger partial charge in [-0.15, -0.1) is 11.8 Å². The van der Waals surface area contributed by atoms with Crippen LogP contribution in [0.25, 0.3) is 10.8 Å². The highest BCUT2D eigenvalue weighted by Crippen LogP contribution is 2.28. The topological polar surface area (TPSA) is 29.1 Å². The molecular weight excluding hydrogens is 326 g/mol. The van der Waals surface area contributed by atoms with E-state index in [0.29, 0.717) is 5.75 Å². The van der Waals surface area contributed by atoms with Gasteiger partial charge in [0.1, 0.15) is 0 Å². The number of amides is 1. The number of carbonyl (C=O) groups is 1. The van der Waals surface area contributed by atoms with Gasteiger partial charge in [-0.3, -0.25) is 4.79 Å². The summed E-state index contributed by atoms with van der Waals surface area (Å²) in [5.74, 6) is 0.499. The molecular formula is C22H21NOS. The zero-order chi connectivity index (χ0) is 17.1. The molecule has 0 atom stereocenters. The number of thioether (sulfide) groups is 1. The number of hydrogen-bond acceptors (Lipinski definition) is 2. The molecule has 1 aliphatic rings. The van der Waals surface area contributed by atoms with E-state index in [-0.39, 0.29) is 5.91 Å². The van der Waals surface area contributed by atoms with E-state index in [4.69, 9.17) is 0 Å². The number of anilines is 1. The van der Waals surface area contributed by atoms with Gasteiger partial charge in [-0.2, -0.15) is 0 Å². The van der Waals surface area contributed by atoms with Crippen molar-refractivity contribution in [3.05, 3.63) is 71.8 Å². The summed E-state index contributed by atoms with van der Waals surface area (Å²) in [5.41, 5.74) is 3.73. The Hall–Kier alpha value is -2.26. The van der Waals surface area contributed by atoms with Crippen LogP contribution in [0, 0.1) is 0 Å². The molecule has 1 N–H and O–H groups in total. The Morgan fingerprint density at radius 3 is 2.68 bits per heavy atom. The summed E-state index contributed by atoms with van der Waals surface area (Å²) in [7, 11) is 0. The third kappa shape index (κ3) is 3.72. The largest absolute Gasteiger partial charge is 0.325 e. The summed E-state index contributed by atoms with van der Waals surface area (Å²) in [6.07, 6.45) is 4.67. The van der Waals surface area contributed by atoms with Gasteiger partial charge in [-0.25, -0.2) is 0 Å². The lowest BCUT2D eigenvalue weighted by molar-refractivity contribution is -0.113. The van der Waals surface area contributed by atoms with Gasteiger partial charge in [0.15, 0.2) is 0 Å². The minimum atomic E-state index is 0.0668. The zero-order valence-corrected chi connectivity index (χ0v) is 14.9. The van der Waals surface area contributed by atoms with E-state index in [1.165, 1.54) is 34.7 Å². The predicted molar refractivity (Wildman–Crippen MR) is 106 cm³/mol. The lowest BCUT2D eigenvalue weighted by Gasteiger charge is -2.19. The van der Waals surface area contributed by atoms with Gasteiger partial charge in [0, 0.05) is 10.6 Å². The fourth-order valence-corrected chi connectivity index (χ4v) is 4.24. The normalized spacial score (nSPS) is 13.4. The quantitative estimate of drug-likeness (QED) is 0.636. The Morgan fingerprint density at radius 1 is 0.920 bits per heavy atom. The van der Waals surface area contributed by atoms with Crippen LogP contribution >= 0.6 is 11.8 Å². The Bertz CT molecular complexity index is 919. The van der Waals surface area contributed by atoms with Crippen molar-refractivity contribution in [2.24, 2.45) is 0 Å². The van der Waals surface area contributed by atoms with Crippen molar-refractivity contribution in [1.82, 2.24) is 0 Å². The Labute approximate surface area is 152 Å². The van der Waals surface area contributed by atoms with Crippen molar-refractivity contribution in [3.63, 3.8) is 0 Å². The molecule has 0 saturated carbocycles. The van der Waals surface area contributed by atoms with Crippen LogP contribution < -0.4 is 5.32 Å². The number of aryl methyl sites for hydroxylation is 1. The summed E-state index contributed by atoms with van der Waals surface area (Å²) in [6.45, 7) is 0. The maximum absolute atomic E-state index is 12.4. The third-order valence-electron chi connectivity index (χ3n) is 4.76. The number of rotatable bonds is 4. The van der Waals surface area contributed by atoms with Crippen LogP contribution in [0.3, 0.4) is 0 Å². The van der Waals surface area contributed by atoms with E-state index >= 15 is 0 Å². The van der Waals surface area contributed by atoms with Crippen LogP contribution in [0.2, 0.25) is 0 Å². The summed E-state index contributed by atoms with van der Waals surface area (Å²) < 4.78 is 0. The minimum Gasteiger partial charge on any atom is -0.325 e. The highest BCUT2D eigenvalue weighted by atomic mass is 32.2. The third-order valence-corrected chi connectivity index (χ3v) is 5.75. The van der Waals surface area contributed by atoms with Gasteiger partial charge in [-0.05, 0) is 65.8 Å². The molecule has 0 radical (unpaired) electrons. The lowest BCUT2D eigenvalue weighted by atomic mass is 9.90. The number of carbonyl (C=O) groups excluding carboxylic acids is 1. The van der Waals surface area contributed by atoms with Gasteiger partial charge in [0.05, 0.1) is 5.75 Å². The molecule has 0 aromatic heterocycles. The highest BCUT2D eigenvalue weighted by molar-refractivity contribution is 8.00. The molecule has 1 amide bonds. The highest BCUT2D eigenvalue weighted by Gasteiger charge is 2.14. The first-order chi connectivity index (χ1) is 12.3. The second-order valence-electron chi connectivity index (χ2n) is 6.50. The second-order valence-corrected chi connectivity index (χ2v) is 7.54. The summed E-state index contributed by atoms with van der Waals surface area (Å²) in [6, 6.07) is 20.9. The van der Waals surface area contributed by atoms with Crippen LogP contribution in [0.15, 0.2) is 65.6 Å². The van der Waals surface area contributed by atoms with Crippen molar-refractivity contribution in [3.8, 4) is 0 Å². The molecule has 4 rings (SSSR count). The molecule has 0 heterocycles. The molecule has 0 fully saturated rings. The molecule has 0 saturated heterocycles. The minimum absolute atomic E-state index is 0.0668. The van der Waals surface area contributed by atoms with Crippen molar-refractivity contribution in [1.29, 1.82) is 0 Å². The first kappa shape index (κ1) is 16.2. The average molecular weight is 347 g/mol. The molecule has 3 aromatic carbocycles. The molecule has 0 bridgehead atoms. The summed E-state index contributed by atoms with van der Waals surface area (Å²) in [4.78, 5) is 13.5. The van der Waals surface area contributed by atoms with Gasteiger partial charge in [0.25, 0.3) is 0 Å². The van der Waals surface area contributed by atoms with Crippen LogP contribution in [-0.2, 0) is 17.6 Å².